The maximum Gasteiger partial charge on any atom is 0.340 e. The van der Waals surface area contributed by atoms with Crippen LogP contribution in [0, 0.1) is 0 Å². The normalized spacial score (nSPS) is 9.94. The Bertz CT molecular complexity index is 402. The number of thioether (sulfide) groups is 1. The molecule has 4 heteroatoms. The Morgan fingerprint density at radius 2 is 2.35 bits per heavy atom. The molecule has 1 aromatic carbocycles. The van der Waals surface area contributed by atoms with E-state index in [-0.39, 0.29) is 5.56 Å². The Kier molecular flexibility index (Phi) is 5.63. The number of hydrogen-bond donors (Lipinski definition) is 1. The van der Waals surface area contributed by atoms with Crippen molar-refractivity contribution in [1.82, 2.24) is 0 Å². The molecule has 0 aromatic heterocycles. The molecule has 1 rings (SSSR count). The summed E-state index contributed by atoms with van der Waals surface area (Å²) in [5.74, 6) is 0.309. The summed E-state index contributed by atoms with van der Waals surface area (Å²) in [5.41, 5.74) is 0.253. The summed E-state index contributed by atoms with van der Waals surface area (Å²) in [6.45, 7) is 6.03. The third kappa shape index (κ3) is 3.82. The van der Waals surface area contributed by atoms with E-state index in [9.17, 15) is 9.90 Å². The van der Waals surface area contributed by atoms with Crippen LogP contribution in [-0.4, -0.2) is 23.4 Å². The van der Waals surface area contributed by atoms with Gasteiger partial charge in [-0.2, -0.15) is 0 Å². The molecule has 92 valence electrons. The van der Waals surface area contributed by atoms with E-state index in [1.54, 1.807) is 18.2 Å². The van der Waals surface area contributed by atoms with Crippen molar-refractivity contribution in [3.8, 4) is 5.75 Å². The summed E-state index contributed by atoms with van der Waals surface area (Å²) in [7, 11) is 0. The molecule has 17 heavy (non-hydrogen) atoms. The number of benzene rings is 1. The lowest BCUT2D eigenvalue weighted by molar-refractivity contribution is 0.0688. The van der Waals surface area contributed by atoms with Crippen molar-refractivity contribution in [3.63, 3.8) is 0 Å². The van der Waals surface area contributed by atoms with Crippen LogP contribution >= 0.6 is 11.8 Å². The Morgan fingerprint density at radius 1 is 1.59 bits per heavy atom. The highest BCUT2D eigenvalue weighted by Crippen LogP contribution is 2.30. The topological polar surface area (TPSA) is 46.5 Å². The molecule has 0 bridgehead atoms. The van der Waals surface area contributed by atoms with Crippen molar-refractivity contribution in [2.75, 3.05) is 12.4 Å². The maximum absolute atomic E-state index is 11.2. The van der Waals surface area contributed by atoms with Crippen LogP contribution in [0.1, 0.15) is 23.7 Å². The zero-order chi connectivity index (χ0) is 12.7. The molecule has 0 unspecified atom stereocenters. The van der Waals surface area contributed by atoms with Crippen LogP contribution in [0.15, 0.2) is 35.7 Å². The minimum atomic E-state index is -0.949. The van der Waals surface area contributed by atoms with Gasteiger partial charge in [0.05, 0.1) is 6.61 Å². The van der Waals surface area contributed by atoms with Crippen LogP contribution in [0.25, 0.3) is 0 Å². The predicted octanol–water partition coefficient (Wildman–Crippen LogP) is 3.45. The summed E-state index contributed by atoms with van der Waals surface area (Å²) in [6.07, 6.45) is 2.44. The Balaban J connectivity index is 2.97. The van der Waals surface area contributed by atoms with Crippen molar-refractivity contribution >= 4 is 17.7 Å². The van der Waals surface area contributed by atoms with Gasteiger partial charge in [0.15, 0.2) is 0 Å². The predicted molar refractivity (Wildman–Crippen MR) is 70.1 cm³/mol. The zero-order valence-electron chi connectivity index (χ0n) is 9.81. The van der Waals surface area contributed by atoms with E-state index < -0.39 is 5.97 Å². The molecule has 0 fully saturated rings. The Hall–Kier alpha value is -1.42. The number of aromatic carboxylic acids is 1. The second-order valence-corrected chi connectivity index (χ2v) is 4.60. The molecule has 1 N–H and O–H groups in total. The molecular weight excluding hydrogens is 236 g/mol. The van der Waals surface area contributed by atoms with Gasteiger partial charge >= 0.3 is 5.97 Å². The standard InChI is InChI=1S/C13H16O3S/c1-3-5-9-16-10-7-6-8-11(17-4-2)12(10)13(14)15/h3,6-8H,1,4-5,9H2,2H3,(H,14,15). The van der Waals surface area contributed by atoms with Gasteiger partial charge in [-0.1, -0.05) is 19.1 Å². The monoisotopic (exact) mass is 252 g/mol. The summed E-state index contributed by atoms with van der Waals surface area (Å²) < 4.78 is 5.46. The maximum atomic E-state index is 11.2. The molecule has 0 amide bonds. The first kappa shape index (κ1) is 13.6. The van der Waals surface area contributed by atoms with Crippen molar-refractivity contribution in [2.45, 2.75) is 18.2 Å². The summed E-state index contributed by atoms with van der Waals surface area (Å²) in [6, 6.07) is 5.30. The smallest absolute Gasteiger partial charge is 0.340 e. The van der Waals surface area contributed by atoms with Crippen molar-refractivity contribution in [1.29, 1.82) is 0 Å². The third-order valence-electron chi connectivity index (χ3n) is 2.08. The Labute approximate surface area is 105 Å². The van der Waals surface area contributed by atoms with Gasteiger partial charge in [0.2, 0.25) is 0 Å². The molecule has 0 heterocycles. The van der Waals surface area contributed by atoms with Crippen molar-refractivity contribution < 1.29 is 14.6 Å². The van der Waals surface area contributed by atoms with Crippen LogP contribution < -0.4 is 4.74 Å². The molecule has 0 aliphatic carbocycles. The fourth-order valence-corrected chi connectivity index (χ4v) is 2.19. The highest BCUT2D eigenvalue weighted by molar-refractivity contribution is 7.99. The average molecular weight is 252 g/mol. The molecule has 0 spiro atoms. The SMILES string of the molecule is C=CCCOc1cccc(SCC)c1C(=O)O. The van der Waals surface area contributed by atoms with Crippen LogP contribution in [0.5, 0.6) is 5.75 Å². The minimum Gasteiger partial charge on any atom is -0.492 e. The molecule has 3 nitrogen and oxygen atoms in total. The van der Waals surface area contributed by atoms with Gasteiger partial charge < -0.3 is 9.84 Å². The summed E-state index contributed by atoms with van der Waals surface area (Å²) in [4.78, 5) is 12.0. The second kappa shape index (κ2) is 7.01. The first-order valence-corrected chi connectivity index (χ1v) is 6.42. The highest BCUT2D eigenvalue weighted by Gasteiger charge is 2.16. The van der Waals surface area contributed by atoms with E-state index in [0.29, 0.717) is 18.8 Å². The number of hydrogen-bond acceptors (Lipinski definition) is 3. The van der Waals surface area contributed by atoms with Crippen molar-refractivity contribution in [3.05, 3.63) is 36.4 Å². The minimum absolute atomic E-state index is 0.253. The highest BCUT2D eigenvalue weighted by atomic mass is 32.2. The lowest BCUT2D eigenvalue weighted by Crippen LogP contribution is -2.05. The van der Waals surface area contributed by atoms with E-state index in [0.717, 1.165) is 10.6 Å². The average Bonchev–Trinajstić information content (AvgIpc) is 2.29. The van der Waals surface area contributed by atoms with Gasteiger partial charge in [-0.15, -0.1) is 18.3 Å². The molecule has 0 aliphatic rings. The molecule has 0 saturated carbocycles. The lowest BCUT2D eigenvalue weighted by atomic mass is 10.2. The molecule has 0 radical (unpaired) electrons. The molecule has 1 aromatic rings. The third-order valence-corrected chi connectivity index (χ3v) is 3.02. The summed E-state index contributed by atoms with van der Waals surface area (Å²) in [5, 5.41) is 9.22. The zero-order valence-corrected chi connectivity index (χ0v) is 10.6. The lowest BCUT2D eigenvalue weighted by Gasteiger charge is -2.11. The second-order valence-electron chi connectivity index (χ2n) is 3.29. The Morgan fingerprint density at radius 3 is 2.94 bits per heavy atom. The van der Waals surface area contributed by atoms with Gasteiger partial charge in [-0.25, -0.2) is 4.79 Å². The fraction of sp³-hybridized carbons (Fsp3) is 0.308. The molecule has 0 saturated heterocycles. The van der Waals surface area contributed by atoms with Crippen LogP contribution in [0.3, 0.4) is 0 Å². The van der Waals surface area contributed by atoms with E-state index in [1.165, 1.54) is 11.8 Å². The number of rotatable bonds is 7. The van der Waals surface area contributed by atoms with Crippen LogP contribution in [-0.2, 0) is 0 Å². The number of carboxylic acids is 1. The largest absolute Gasteiger partial charge is 0.492 e. The molecule has 0 atom stereocenters. The van der Waals surface area contributed by atoms with Gasteiger partial charge in [-0.3, -0.25) is 0 Å². The van der Waals surface area contributed by atoms with Gasteiger partial charge in [0, 0.05) is 4.90 Å². The van der Waals surface area contributed by atoms with E-state index in [4.69, 9.17) is 4.74 Å². The number of ether oxygens (including phenoxy) is 1. The van der Waals surface area contributed by atoms with Crippen LogP contribution in [0.4, 0.5) is 0 Å². The number of carbonyl (C=O) groups is 1. The van der Waals surface area contributed by atoms with Gasteiger partial charge in [-0.05, 0) is 24.3 Å². The summed E-state index contributed by atoms with van der Waals surface area (Å²) >= 11 is 1.50. The first-order chi connectivity index (χ1) is 8.20. The quantitative estimate of drug-likeness (QED) is 0.458. The molecular formula is C13H16O3S. The fourth-order valence-electron chi connectivity index (χ4n) is 1.37. The van der Waals surface area contributed by atoms with E-state index in [2.05, 4.69) is 6.58 Å². The number of carboxylic acid groups (broad SMARTS) is 1. The van der Waals surface area contributed by atoms with E-state index >= 15 is 0 Å². The van der Waals surface area contributed by atoms with Gasteiger partial charge in [0.1, 0.15) is 11.3 Å². The van der Waals surface area contributed by atoms with Gasteiger partial charge in [0.25, 0.3) is 0 Å². The van der Waals surface area contributed by atoms with E-state index in [1.807, 2.05) is 13.0 Å². The molecule has 0 aliphatic heterocycles. The van der Waals surface area contributed by atoms with Crippen molar-refractivity contribution in [2.24, 2.45) is 0 Å². The van der Waals surface area contributed by atoms with Crippen LogP contribution in [0.2, 0.25) is 0 Å². The first-order valence-electron chi connectivity index (χ1n) is 5.43.